The molecule has 0 fully saturated rings. The summed E-state index contributed by atoms with van der Waals surface area (Å²) in [5.74, 6) is 1.02. The van der Waals surface area contributed by atoms with Gasteiger partial charge in [-0.3, -0.25) is 9.55 Å². The number of aromatic nitrogens is 3. The van der Waals surface area contributed by atoms with E-state index in [2.05, 4.69) is 251 Å². The number of aromatic hydroxyl groups is 1. The van der Waals surface area contributed by atoms with Gasteiger partial charge < -0.3 is 5.11 Å². The fourth-order valence-corrected chi connectivity index (χ4v) is 10.8. The van der Waals surface area contributed by atoms with Gasteiger partial charge >= 0.3 is 0 Å². The van der Waals surface area contributed by atoms with Gasteiger partial charge in [0.25, 0.3) is 0 Å². The quantitative estimate of drug-likeness (QED) is 0.154. The molecule has 0 saturated heterocycles. The first-order chi connectivity index (χ1) is 33.6. The Morgan fingerprint density at radius 1 is 0.528 bits per heavy atom. The largest absolute Gasteiger partial charge is 0.507 e. The number of pyridine rings is 1. The Kier molecular flexibility index (Phi) is 13.1. The molecule has 1 N–H and O–H groups in total. The fourth-order valence-electron chi connectivity index (χ4n) is 10.8. The van der Waals surface area contributed by atoms with Crippen molar-refractivity contribution in [3.63, 3.8) is 0 Å². The molecule has 5 heteroatoms. The van der Waals surface area contributed by atoms with E-state index < -0.39 is 0 Å². The second-order valence-electron chi connectivity index (χ2n) is 23.9. The molecular formula is C67H68N3OPt-. The average Bonchev–Trinajstić information content (AvgIpc) is 3.74. The molecule has 2 heterocycles. The van der Waals surface area contributed by atoms with Crippen molar-refractivity contribution < 1.29 is 26.2 Å². The zero-order chi connectivity index (χ0) is 50.3. The van der Waals surface area contributed by atoms with Gasteiger partial charge in [-0.25, -0.2) is 4.98 Å². The van der Waals surface area contributed by atoms with E-state index in [1.807, 2.05) is 6.20 Å². The van der Waals surface area contributed by atoms with Crippen LogP contribution in [0.2, 0.25) is 0 Å². The number of rotatable bonds is 8. The molecule has 0 atom stereocenters. The summed E-state index contributed by atoms with van der Waals surface area (Å²) in [5, 5.41) is 12.8. The summed E-state index contributed by atoms with van der Waals surface area (Å²) in [6.07, 6.45) is 3.96. The van der Waals surface area contributed by atoms with Crippen molar-refractivity contribution in [1.29, 1.82) is 0 Å². The van der Waals surface area contributed by atoms with Crippen molar-refractivity contribution in [3.8, 4) is 67.5 Å². The Morgan fingerprint density at radius 3 is 1.83 bits per heavy atom. The molecule has 1 aliphatic carbocycles. The minimum Gasteiger partial charge on any atom is -0.507 e. The molecule has 368 valence electrons. The van der Waals surface area contributed by atoms with Crippen molar-refractivity contribution in [1.82, 2.24) is 14.5 Å². The Hall–Kier alpha value is -6.35. The van der Waals surface area contributed by atoms with Crippen molar-refractivity contribution in [2.75, 3.05) is 0 Å². The maximum atomic E-state index is 12.8. The van der Waals surface area contributed by atoms with E-state index in [1.54, 1.807) is 0 Å². The predicted octanol–water partition coefficient (Wildman–Crippen LogP) is 17.5. The van der Waals surface area contributed by atoms with Gasteiger partial charge in [0, 0.05) is 49.5 Å². The Balaban J connectivity index is 0.00000640. The molecule has 0 spiro atoms. The topological polar surface area (TPSA) is 50.9 Å². The van der Waals surface area contributed by atoms with Crippen LogP contribution in [0.25, 0.3) is 72.7 Å². The first-order valence-corrected chi connectivity index (χ1v) is 25.4. The second kappa shape index (κ2) is 18.6. The van der Waals surface area contributed by atoms with E-state index in [9.17, 15) is 5.11 Å². The van der Waals surface area contributed by atoms with Crippen LogP contribution in [0.3, 0.4) is 0 Å². The fraction of sp³-hybridized carbons (Fsp3) is 0.284. The van der Waals surface area contributed by atoms with Crippen LogP contribution in [0.15, 0.2) is 164 Å². The third-order valence-electron chi connectivity index (χ3n) is 15.6. The number of imidazole rings is 1. The monoisotopic (exact) mass is 1130 g/mol. The molecule has 0 amide bonds. The van der Waals surface area contributed by atoms with Crippen LogP contribution in [0.5, 0.6) is 5.75 Å². The van der Waals surface area contributed by atoms with Crippen LogP contribution >= 0.6 is 0 Å². The molecule has 10 rings (SSSR count). The zero-order valence-corrected chi connectivity index (χ0v) is 46.4. The van der Waals surface area contributed by atoms with Crippen LogP contribution in [-0.4, -0.2) is 19.6 Å². The van der Waals surface area contributed by atoms with Gasteiger partial charge in [-0.15, -0.1) is 29.3 Å². The van der Waals surface area contributed by atoms with Gasteiger partial charge in [0.15, 0.2) is 0 Å². The first-order valence-electron chi connectivity index (χ1n) is 25.4. The Labute approximate surface area is 442 Å². The molecule has 0 radical (unpaired) electrons. The van der Waals surface area contributed by atoms with E-state index in [4.69, 9.17) is 9.97 Å². The number of para-hydroxylation sites is 1. The van der Waals surface area contributed by atoms with Crippen molar-refractivity contribution >= 4 is 11.0 Å². The third kappa shape index (κ3) is 9.21. The maximum absolute atomic E-state index is 12.8. The number of nitrogens with zero attached hydrogens (tertiary/aromatic N) is 3. The van der Waals surface area contributed by atoms with Gasteiger partial charge in [0.05, 0.1) is 22.3 Å². The van der Waals surface area contributed by atoms with Gasteiger partial charge in [0.1, 0.15) is 11.6 Å². The first kappa shape index (κ1) is 50.6. The third-order valence-corrected chi connectivity index (χ3v) is 15.6. The van der Waals surface area contributed by atoms with Crippen molar-refractivity contribution in [2.24, 2.45) is 0 Å². The molecule has 9 aromatic rings. The van der Waals surface area contributed by atoms with E-state index in [-0.39, 0.29) is 48.1 Å². The smallest absolute Gasteiger partial charge is 0.148 e. The molecule has 2 aromatic heterocycles. The molecule has 1 aliphatic rings. The molecule has 72 heavy (non-hydrogen) atoms. The second-order valence-corrected chi connectivity index (χ2v) is 23.9. The van der Waals surface area contributed by atoms with Crippen LogP contribution in [0.1, 0.15) is 129 Å². The van der Waals surface area contributed by atoms with Crippen LogP contribution in [-0.2, 0) is 48.1 Å². The number of hydrogen-bond acceptors (Lipinski definition) is 3. The number of benzene rings is 7. The summed E-state index contributed by atoms with van der Waals surface area (Å²) in [6.45, 7) is 27.3. The normalized spacial score (nSPS) is 14.4. The SMILES string of the molecule is CC(C)(C)c1cc(-c2cc(-c3ccc(C(C)(C)c4ccccc4)cc3)ccn2)[c-]c(-c2cccc3c2nc(-c2ccc4c(c2O)C(C)(C)CCC4(C)C)n3-c2ccc(C(C)(C)C)cc2-c2ccccc2)c1.[Pt]. The summed E-state index contributed by atoms with van der Waals surface area (Å²) >= 11 is 0. The summed E-state index contributed by atoms with van der Waals surface area (Å²) in [6, 6.07) is 60.8. The molecule has 7 aromatic carbocycles. The number of phenolic OH excluding ortho intramolecular Hbond substituents is 1. The Morgan fingerprint density at radius 2 is 1.15 bits per heavy atom. The van der Waals surface area contributed by atoms with E-state index in [1.165, 1.54) is 27.8 Å². The molecule has 0 aliphatic heterocycles. The van der Waals surface area contributed by atoms with E-state index in [0.717, 1.165) is 85.3 Å². The Bertz CT molecular complexity index is 3460. The van der Waals surface area contributed by atoms with Gasteiger partial charge in [-0.1, -0.05) is 209 Å². The van der Waals surface area contributed by atoms with Crippen LogP contribution in [0, 0.1) is 6.07 Å². The molecular weight excluding hydrogens is 1060 g/mol. The average molecular weight is 1130 g/mol. The number of fused-ring (bicyclic) bond motifs is 2. The number of phenols is 1. The summed E-state index contributed by atoms with van der Waals surface area (Å²) in [4.78, 5) is 10.7. The molecule has 0 saturated carbocycles. The van der Waals surface area contributed by atoms with Gasteiger partial charge in [0.2, 0.25) is 0 Å². The molecule has 0 bridgehead atoms. The number of hydrogen-bond donors (Lipinski definition) is 1. The van der Waals surface area contributed by atoms with Crippen LogP contribution in [0.4, 0.5) is 0 Å². The minimum atomic E-state index is -0.219. The van der Waals surface area contributed by atoms with Gasteiger partial charge in [-0.05, 0) is 104 Å². The van der Waals surface area contributed by atoms with Crippen molar-refractivity contribution in [3.05, 3.63) is 203 Å². The minimum absolute atomic E-state index is 0. The molecule has 0 unspecified atom stereocenters. The summed E-state index contributed by atoms with van der Waals surface area (Å²) < 4.78 is 2.29. The maximum Gasteiger partial charge on any atom is 0.148 e. The van der Waals surface area contributed by atoms with Crippen molar-refractivity contribution in [2.45, 2.75) is 123 Å². The van der Waals surface area contributed by atoms with Crippen LogP contribution < -0.4 is 0 Å². The summed E-state index contributed by atoms with van der Waals surface area (Å²) in [5.41, 5.74) is 18.2. The van der Waals surface area contributed by atoms with E-state index in [0.29, 0.717) is 11.6 Å². The van der Waals surface area contributed by atoms with E-state index >= 15 is 0 Å². The summed E-state index contributed by atoms with van der Waals surface area (Å²) in [7, 11) is 0. The molecule has 4 nitrogen and oxygen atoms in total. The zero-order valence-electron chi connectivity index (χ0n) is 44.1. The van der Waals surface area contributed by atoms with Gasteiger partial charge in [-0.2, -0.15) is 0 Å². The standard InChI is InChI=1S/C67H68N3O.Pt/c1-63(2,3)50-30-33-57(54(42-50)44-20-15-13-16-21-44)70-58-25-19-24-52(60(58)69-62(70)53-31-32-55-59(61(53)71)66(9,10)36-35-65(55,7)8)46-38-47(40-51(39-46)64(4,5)6)56-41-45(34-37-68-56)43-26-28-49(29-27-43)67(11,12)48-22-17-14-18-23-48;/h13-34,37,39-42,71H,35-36H2,1-12H3;/q-1;. The predicted molar refractivity (Wildman–Crippen MR) is 298 cm³/mol.